The van der Waals surface area contributed by atoms with E-state index in [-0.39, 0.29) is 118 Å². The number of pyridine rings is 1. The average Bonchev–Trinajstić information content (AvgIpc) is 1.55. The molecule has 0 unspecified atom stereocenters. The molecular weight excluding hydrogens is 1350 g/mol. The molecule has 0 amide bonds. The summed E-state index contributed by atoms with van der Waals surface area (Å²) in [5.41, 5.74) is -17.6. The van der Waals surface area contributed by atoms with Crippen LogP contribution in [0.2, 0.25) is 0 Å². The van der Waals surface area contributed by atoms with Gasteiger partial charge in [-0.1, -0.05) is 24.3 Å². The maximum atomic E-state index is 14.3. The topological polar surface area (TPSA) is 46.5 Å². The Hall–Kier alpha value is -10.5. The van der Waals surface area contributed by atoms with Gasteiger partial charge in [0.15, 0.2) is 0 Å². The summed E-state index contributed by atoms with van der Waals surface area (Å²) in [6, 6.07) is 24.2. The summed E-state index contributed by atoms with van der Waals surface area (Å²) in [7, 11) is 0. The highest BCUT2D eigenvalue weighted by Crippen LogP contribution is 2.49. The fraction of sp³-hybridized carbons (Fsp3) is 0.143. The number of nitrogens with zero attached hydrogens (tertiary/aromatic N) is 4. The number of aryl methyl sites for hydroxylation is 2. The third-order valence-electron chi connectivity index (χ3n) is 16.3. The number of aromatic nitrogens is 3. The third-order valence-corrected chi connectivity index (χ3v) is 16.3. The molecule has 3 heterocycles. The van der Waals surface area contributed by atoms with Gasteiger partial charge in [-0.2, -0.15) is 111 Å². The van der Waals surface area contributed by atoms with E-state index in [0.29, 0.717) is 59.9 Å². The molecule has 12 aromatic rings. The van der Waals surface area contributed by atoms with E-state index >= 15 is 0 Å². The molecule has 0 fully saturated rings. The van der Waals surface area contributed by atoms with Crippen molar-refractivity contribution in [1.29, 1.82) is 5.26 Å². The lowest BCUT2D eigenvalue weighted by molar-refractivity contribution is -0.144. The molecule has 0 saturated heterocycles. The van der Waals surface area contributed by atoms with Crippen LogP contribution < -0.4 is 0 Å². The maximum Gasteiger partial charge on any atom is 0.416 e. The highest BCUT2D eigenvalue weighted by atomic mass is 19.4. The van der Waals surface area contributed by atoms with Crippen LogP contribution in [0.25, 0.3) is 111 Å². The van der Waals surface area contributed by atoms with Crippen LogP contribution in [0.4, 0.5) is 105 Å². The molecule has 0 radical (unpaired) electrons. The van der Waals surface area contributed by atoms with Gasteiger partial charge in [-0.15, -0.1) is 0 Å². The standard InChI is InChI=1S/C70H34F24N4/c1-32-11-42(12-33(2)96-32)52-30-61(97-57-7-3-34(38-13-44(63(71,72)73)26-45(14-38)64(74,75)76)21-53(57)54-22-35(4-8-58(54)97)39-15-46(65(77,78)79)27-47(16-39)66(80,81)82)43(31-95)25-62(52)98-59-9-5-36(40-17-48(67(83,84)85)28-49(18-40)68(86,87)88)23-55(59)56-24-37(6-10-60(56)98)41-19-50(69(89,90)91)29-51(20-41)70(92,93)94/h3-30H,1-2H3. The normalized spacial score (nSPS) is 13.2. The number of hydrogen-bond acceptors (Lipinski definition) is 2. The molecule has 502 valence electrons. The first-order chi connectivity index (χ1) is 45.3. The Balaban J connectivity index is 1.18. The quantitative estimate of drug-likeness (QED) is 0.149. The van der Waals surface area contributed by atoms with Crippen molar-refractivity contribution in [2.45, 2.75) is 63.3 Å². The second-order valence-corrected chi connectivity index (χ2v) is 22.9. The number of rotatable bonds is 7. The van der Waals surface area contributed by atoms with Crippen LogP contribution in [-0.4, -0.2) is 14.1 Å². The number of hydrogen-bond donors (Lipinski definition) is 0. The molecule has 0 aliphatic rings. The van der Waals surface area contributed by atoms with Gasteiger partial charge in [-0.3, -0.25) is 4.98 Å². The van der Waals surface area contributed by atoms with Gasteiger partial charge in [0.25, 0.3) is 0 Å². The van der Waals surface area contributed by atoms with Crippen molar-refractivity contribution in [2.75, 3.05) is 0 Å². The van der Waals surface area contributed by atoms with Crippen LogP contribution in [0, 0.1) is 25.2 Å². The lowest BCUT2D eigenvalue weighted by Crippen LogP contribution is -2.11. The second-order valence-electron chi connectivity index (χ2n) is 22.9. The van der Waals surface area contributed by atoms with Crippen molar-refractivity contribution in [2.24, 2.45) is 0 Å². The molecule has 4 nitrogen and oxygen atoms in total. The lowest BCUT2D eigenvalue weighted by atomic mass is 9.96. The zero-order chi connectivity index (χ0) is 71.3. The summed E-state index contributed by atoms with van der Waals surface area (Å²) in [4.78, 5) is 4.45. The molecule has 0 spiro atoms. The number of fused-ring (bicyclic) bond motifs is 6. The Labute approximate surface area is 534 Å². The first kappa shape index (κ1) is 67.5. The average molecular weight is 1390 g/mol. The first-order valence-corrected chi connectivity index (χ1v) is 28.2. The Kier molecular flexibility index (Phi) is 15.7. The number of alkyl halides is 24. The van der Waals surface area contributed by atoms with Gasteiger partial charge in [0.05, 0.1) is 83.5 Å². The van der Waals surface area contributed by atoms with E-state index < -0.39 is 116 Å². The van der Waals surface area contributed by atoms with Crippen molar-refractivity contribution >= 4 is 43.6 Å². The Bertz CT molecular complexity index is 4890. The highest BCUT2D eigenvalue weighted by Gasteiger charge is 2.42. The van der Waals surface area contributed by atoms with E-state index in [2.05, 4.69) is 11.1 Å². The molecule has 0 N–H and O–H groups in total. The molecule has 0 saturated carbocycles. The smallest absolute Gasteiger partial charge is 0.309 e. The Morgan fingerprint density at radius 1 is 0.265 bits per heavy atom. The van der Waals surface area contributed by atoms with Crippen molar-refractivity contribution < 1.29 is 105 Å². The van der Waals surface area contributed by atoms with Gasteiger partial charge in [-0.05, 0) is 210 Å². The van der Waals surface area contributed by atoms with Gasteiger partial charge >= 0.3 is 49.4 Å². The zero-order valence-corrected chi connectivity index (χ0v) is 49.0. The van der Waals surface area contributed by atoms with Crippen LogP contribution in [0.1, 0.15) is 61.5 Å². The molecular formula is C70H34F24N4. The van der Waals surface area contributed by atoms with Gasteiger partial charge in [-0.25, -0.2) is 0 Å². The fourth-order valence-electron chi connectivity index (χ4n) is 12.0. The maximum absolute atomic E-state index is 14.3. The highest BCUT2D eigenvalue weighted by molar-refractivity contribution is 6.14. The molecule has 28 heteroatoms. The minimum atomic E-state index is -5.35. The van der Waals surface area contributed by atoms with Crippen LogP contribution in [-0.2, 0) is 49.4 Å². The summed E-state index contributed by atoms with van der Waals surface area (Å²) < 4.78 is 347. The number of nitriles is 1. The van der Waals surface area contributed by atoms with Gasteiger partial charge < -0.3 is 9.13 Å². The molecule has 0 bridgehead atoms. The molecule has 0 aliphatic heterocycles. The van der Waals surface area contributed by atoms with E-state index in [1.165, 1.54) is 57.7 Å². The SMILES string of the molecule is Cc1cc(-c2cc(-n3c4ccc(-c5cc(C(F)(F)F)cc(C(F)(F)F)c5)cc4c4cc(-c5cc(C(F)(F)F)cc(C(F)(F)F)c5)ccc43)c(C#N)cc2-n2c3ccc(-c4cc(C(F)(F)F)cc(C(F)(F)F)c4)cc3c3cc(-c4cc(C(F)(F)F)cc(C(F)(F)F)c4)ccc32)cc(C)n1. The van der Waals surface area contributed by atoms with Gasteiger partial charge in [0.2, 0.25) is 0 Å². The zero-order valence-electron chi connectivity index (χ0n) is 49.0. The van der Waals surface area contributed by atoms with E-state index in [9.17, 15) is 111 Å². The summed E-state index contributed by atoms with van der Waals surface area (Å²) >= 11 is 0. The molecule has 3 aromatic heterocycles. The van der Waals surface area contributed by atoms with Crippen molar-refractivity contribution in [3.63, 3.8) is 0 Å². The van der Waals surface area contributed by atoms with E-state index in [0.717, 1.165) is 48.5 Å². The predicted molar refractivity (Wildman–Crippen MR) is 314 cm³/mol. The summed E-state index contributed by atoms with van der Waals surface area (Å²) in [6.07, 6.45) is -42.8. The van der Waals surface area contributed by atoms with Crippen molar-refractivity contribution in [1.82, 2.24) is 14.1 Å². The monoisotopic (exact) mass is 1390 g/mol. The van der Waals surface area contributed by atoms with Crippen LogP contribution in [0.3, 0.4) is 0 Å². The molecule has 12 rings (SSSR count). The predicted octanol–water partition coefficient (Wildman–Crippen LogP) is 24.2. The van der Waals surface area contributed by atoms with Gasteiger partial charge in [0, 0.05) is 38.5 Å². The minimum Gasteiger partial charge on any atom is -0.309 e. The molecule has 0 aliphatic carbocycles. The third kappa shape index (κ3) is 12.7. The van der Waals surface area contributed by atoms with Gasteiger partial charge in [0.1, 0.15) is 6.07 Å². The number of halogens is 24. The molecule has 0 atom stereocenters. The molecule has 9 aromatic carbocycles. The molecule has 98 heavy (non-hydrogen) atoms. The number of benzene rings is 9. The fourth-order valence-corrected chi connectivity index (χ4v) is 12.0. The van der Waals surface area contributed by atoms with E-state index in [1.54, 1.807) is 13.8 Å². The first-order valence-electron chi connectivity index (χ1n) is 28.2. The Morgan fingerprint density at radius 3 is 0.724 bits per heavy atom. The van der Waals surface area contributed by atoms with E-state index in [4.69, 9.17) is 0 Å². The van der Waals surface area contributed by atoms with Crippen molar-refractivity contribution in [3.05, 3.63) is 231 Å². The largest absolute Gasteiger partial charge is 0.416 e. The lowest BCUT2D eigenvalue weighted by Gasteiger charge is -2.19. The second kappa shape index (κ2) is 22.8. The van der Waals surface area contributed by atoms with E-state index in [1.807, 2.05) is 0 Å². The Morgan fingerprint density at radius 2 is 0.500 bits per heavy atom. The summed E-state index contributed by atoms with van der Waals surface area (Å²) in [5, 5.41) is 10.9. The van der Waals surface area contributed by atoms with Crippen LogP contribution in [0.5, 0.6) is 0 Å². The van der Waals surface area contributed by atoms with Crippen LogP contribution >= 0.6 is 0 Å². The summed E-state index contributed by atoms with van der Waals surface area (Å²) in [6.45, 7) is 3.12. The minimum absolute atomic E-state index is 0.0206. The van der Waals surface area contributed by atoms with Crippen molar-refractivity contribution in [3.8, 4) is 73.1 Å². The summed E-state index contributed by atoms with van der Waals surface area (Å²) in [5.74, 6) is 0. The van der Waals surface area contributed by atoms with Crippen LogP contribution in [0.15, 0.2) is 170 Å².